The van der Waals surface area contributed by atoms with E-state index in [1.165, 1.54) is 54.2 Å². The molecule has 3 rings (SSSR count). The summed E-state index contributed by atoms with van der Waals surface area (Å²) in [7, 11) is 0. The molecular formula is C15H19ClIN. The van der Waals surface area contributed by atoms with Crippen LogP contribution in [0.4, 0.5) is 5.69 Å². The van der Waals surface area contributed by atoms with Crippen molar-refractivity contribution in [3.63, 3.8) is 0 Å². The minimum Gasteiger partial charge on any atom is -0.381 e. The second-order valence-electron chi connectivity index (χ2n) is 5.78. The van der Waals surface area contributed by atoms with Gasteiger partial charge in [-0.1, -0.05) is 30.9 Å². The fourth-order valence-corrected chi connectivity index (χ4v) is 4.60. The first-order chi connectivity index (χ1) is 8.70. The third-order valence-corrected chi connectivity index (χ3v) is 5.91. The number of nitrogens with one attached hydrogen (secondary N) is 1. The molecule has 18 heavy (non-hydrogen) atoms. The maximum absolute atomic E-state index is 6.01. The van der Waals surface area contributed by atoms with Gasteiger partial charge in [-0.25, -0.2) is 0 Å². The van der Waals surface area contributed by atoms with Crippen LogP contribution in [0.5, 0.6) is 0 Å². The van der Waals surface area contributed by atoms with Crippen molar-refractivity contribution in [1.29, 1.82) is 0 Å². The Balaban J connectivity index is 1.72. The van der Waals surface area contributed by atoms with Crippen molar-refractivity contribution >= 4 is 39.9 Å². The minimum atomic E-state index is 0.612. The Morgan fingerprint density at radius 2 is 1.94 bits per heavy atom. The first kappa shape index (κ1) is 13.0. The molecule has 0 radical (unpaired) electrons. The highest BCUT2D eigenvalue weighted by Gasteiger charge is 2.46. The van der Waals surface area contributed by atoms with Crippen LogP contribution in [-0.2, 0) is 0 Å². The van der Waals surface area contributed by atoms with Crippen molar-refractivity contribution in [3.05, 3.63) is 26.8 Å². The molecule has 1 atom stereocenters. The number of halogens is 2. The predicted molar refractivity (Wildman–Crippen MR) is 86.3 cm³/mol. The van der Waals surface area contributed by atoms with Gasteiger partial charge >= 0.3 is 0 Å². The molecule has 98 valence electrons. The molecule has 1 aromatic rings. The molecule has 0 aromatic heterocycles. The molecule has 0 amide bonds. The molecular weight excluding hydrogens is 357 g/mol. The summed E-state index contributed by atoms with van der Waals surface area (Å²) in [6.45, 7) is 0. The molecule has 1 nitrogen and oxygen atoms in total. The fraction of sp³-hybridized carbons (Fsp3) is 0.600. The van der Waals surface area contributed by atoms with Crippen LogP contribution in [0.25, 0.3) is 0 Å². The lowest BCUT2D eigenvalue weighted by atomic mass is 9.57. The molecule has 0 saturated heterocycles. The van der Waals surface area contributed by atoms with Gasteiger partial charge in [0.25, 0.3) is 0 Å². The van der Waals surface area contributed by atoms with E-state index >= 15 is 0 Å². The topological polar surface area (TPSA) is 12.0 Å². The Labute approximate surface area is 128 Å². The van der Waals surface area contributed by atoms with Gasteiger partial charge in [-0.15, -0.1) is 0 Å². The summed E-state index contributed by atoms with van der Waals surface area (Å²) >= 11 is 8.38. The zero-order valence-corrected chi connectivity index (χ0v) is 13.4. The van der Waals surface area contributed by atoms with Gasteiger partial charge in [0.15, 0.2) is 0 Å². The van der Waals surface area contributed by atoms with Crippen LogP contribution in [0.3, 0.4) is 0 Å². The van der Waals surface area contributed by atoms with E-state index in [1.807, 2.05) is 12.1 Å². The summed E-state index contributed by atoms with van der Waals surface area (Å²) in [5, 5.41) is 4.59. The van der Waals surface area contributed by atoms with Crippen LogP contribution in [0.2, 0.25) is 5.02 Å². The molecule has 0 aliphatic heterocycles. The van der Waals surface area contributed by atoms with Gasteiger partial charge in [-0.05, 0) is 71.9 Å². The molecule has 1 aromatic carbocycles. The summed E-state index contributed by atoms with van der Waals surface area (Å²) < 4.78 is 1.23. The number of hydrogen-bond donors (Lipinski definition) is 1. The smallest absolute Gasteiger partial charge is 0.0479 e. The van der Waals surface area contributed by atoms with E-state index in [-0.39, 0.29) is 0 Å². The lowest BCUT2D eigenvalue weighted by molar-refractivity contribution is 0.0571. The van der Waals surface area contributed by atoms with E-state index < -0.39 is 0 Å². The molecule has 2 saturated carbocycles. The van der Waals surface area contributed by atoms with Gasteiger partial charge in [0, 0.05) is 20.3 Å². The van der Waals surface area contributed by atoms with E-state index in [4.69, 9.17) is 11.6 Å². The lowest BCUT2D eigenvalue weighted by Crippen LogP contribution is -2.50. The zero-order chi connectivity index (χ0) is 12.6. The first-order valence-corrected chi connectivity index (χ1v) is 8.37. The number of anilines is 1. The highest BCUT2D eigenvalue weighted by molar-refractivity contribution is 14.1. The molecule has 2 aliphatic carbocycles. The van der Waals surface area contributed by atoms with Crippen molar-refractivity contribution in [1.82, 2.24) is 0 Å². The zero-order valence-electron chi connectivity index (χ0n) is 10.5. The average molecular weight is 376 g/mol. The van der Waals surface area contributed by atoms with Crippen LogP contribution in [0, 0.1) is 8.99 Å². The Kier molecular flexibility index (Phi) is 3.77. The maximum atomic E-state index is 6.01. The van der Waals surface area contributed by atoms with Crippen LogP contribution >= 0.6 is 34.2 Å². The average Bonchev–Trinajstić information content (AvgIpc) is 2.37. The van der Waals surface area contributed by atoms with Gasteiger partial charge in [-0.3, -0.25) is 0 Å². The van der Waals surface area contributed by atoms with Crippen molar-refractivity contribution in [2.24, 2.45) is 5.41 Å². The highest BCUT2D eigenvalue weighted by Crippen LogP contribution is 2.52. The SMILES string of the molecule is Clc1ccc(NC2CCC23CCCCC3)c(I)c1. The van der Waals surface area contributed by atoms with Gasteiger partial charge in [0.05, 0.1) is 0 Å². The minimum absolute atomic E-state index is 0.612. The maximum Gasteiger partial charge on any atom is 0.0479 e. The van der Waals surface area contributed by atoms with E-state index in [0.717, 1.165) is 5.02 Å². The van der Waals surface area contributed by atoms with E-state index in [9.17, 15) is 0 Å². The molecule has 2 fully saturated rings. The van der Waals surface area contributed by atoms with Crippen LogP contribution in [0.15, 0.2) is 18.2 Å². The molecule has 0 heterocycles. The molecule has 0 bridgehead atoms. The summed E-state index contributed by atoms with van der Waals surface area (Å²) in [5.41, 5.74) is 1.87. The Morgan fingerprint density at radius 1 is 1.17 bits per heavy atom. The second-order valence-corrected chi connectivity index (χ2v) is 7.38. The fourth-order valence-electron chi connectivity index (χ4n) is 3.57. The Morgan fingerprint density at radius 3 is 2.56 bits per heavy atom. The second kappa shape index (κ2) is 5.20. The van der Waals surface area contributed by atoms with Crippen LogP contribution in [0.1, 0.15) is 44.9 Å². The molecule has 1 spiro atoms. The summed E-state index contributed by atoms with van der Waals surface area (Å²) in [6.07, 6.45) is 9.90. The highest BCUT2D eigenvalue weighted by atomic mass is 127. The quantitative estimate of drug-likeness (QED) is 0.676. The van der Waals surface area contributed by atoms with E-state index in [2.05, 4.69) is 34.0 Å². The summed E-state index contributed by atoms with van der Waals surface area (Å²) in [5.74, 6) is 0. The van der Waals surface area contributed by atoms with Crippen molar-refractivity contribution in [2.45, 2.75) is 51.0 Å². The van der Waals surface area contributed by atoms with E-state index in [1.54, 1.807) is 0 Å². The Bertz CT molecular complexity index is 440. The standard InChI is InChI=1S/C15H19ClIN/c16-11-4-5-13(12(17)10-11)18-14-6-9-15(14)7-2-1-3-8-15/h4-5,10,14,18H,1-3,6-9H2. The van der Waals surface area contributed by atoms with Crippen molar-refractivity contribution < 1.29 is 0 Å². The first-order valence-electron chi connectivity index (χ1n) is 6.91. The number of hydrogen-bond acceptors (Lipinski definition) is 1. The lowest BCUT2D eigenvalue weighted by Gasteiger charge is -2.52. The van der Waals surface area contributed by atoms with Gasteiger partial charge in [0.1, 0.15) is 0 Å². The van der Waals surface area contributed by atoms with E-state index in [0.29, 0.717) is 11.5 Å². The predicted octanol–water partition coefficient (Wildman–Crippen LogP) is 5.47. The third-order valence-electron chi connectivity index (χ3n) is 4.78. The largest absolute Gasteiger partial charge is 0.381 e. The molecule has 2 aliphatic rings. The van der Waals surface area contributed by atoms with Gasteiger partial charge in [0.2, 0.25) is 0 Å². The number of benzene rings is 1. The molecule has 1 unspecified atom stereocenters. The molecule has 1 N–H and O–H groups in total. The summed E-state index contributed by atoms with van der Waals surface area (Å²) in [4.78, 5) is 0. The number of rotatable bonds is 2. The third kappa shape index (κ3) is 2.38. The van der Waals surface area contributed by atoms with Crippen LogP contribution in [-0.4, -0.2) is 6.04 Å². The Hall–Kier alpha value is 0.0400. The van der Waals surface area contributed by atoms with Gasteiger partial charge < -0.3 is 5.32 Å². The van der Waals surface area contributed by atoms with Crippen molar-refractivity contribution in [3.8, 4) is 0 Å². The molecule has 3 heteroatoms. The monoisotopic (exact) mass is 375 g/mol. The summed E-state index contributed by atoms with van der Waals surface area (Å²) in [6, 6.07) is 6.83. The van der Waals surface area contributed by atoms with Gasteiger partial charge in [-0.2, -0.15) is 0 Å². The van der Waals surface area contributed by atoms with Crippen LogP contribution < -0.4 is 5.32 Å². The van der Waals surface area contributed by atoms with Crippen molar-refractivity contribution in [2.75, 3.05) is 5.32 Å². The normalized spacial score (nSPS) is 25.8.